The second-order valence-electron chi connectivity index (χ2n) is 9.29. The molecule has 168 valence electrons. The van der Waals surface area contributed by atoms with Gasteiger partial charge in [-0.1, -0.05) is 0 Å². The molecule has 0 spiro atoms. The third-order valence-corrected chi connectivity index (χ3v) is 6.90. The van der Waals surface area contributed by atoms with Crippen molar-refractivity contribution in [3.05, 3.63) is 33.4 Å². The fraction of sp³-hybridized carbons (Fsp3) is 0.682. The van der Waals surface area contributed by atoms with Crippen LogP contribution in [0.3, 0.4) is 0 Å². The van der Waals surface area contributed by atoms with Crippen LogP contribution in [0.2, 0.25) is 0 Å². The Morgan fingerprint density at radius 1 is 1.26 bits per heavy atom. The van der Waals surface area contributed by atoms with Crippen LogP contribution in [0.25, 0.3) is 5.65 Å². The SMILES string of the molecule is CN(C)CC(=O)N1CCCC1c1cc2nc3c(c(=O)n2[nH]1)CN(C1CCOCC1)CC3. The summed E-state index contributed by atoms with van der Waals surface area (Å²) in [6.07, 6.45) is 4.72. The zero-order chi connectivity index (χ0) is 21.5. The largest absolute Gasteiger partial charge is 0.381 e. The number of amides is 1. The Hall–Kier alpha value is -2.23. The highest BCUT2D eigenvalue weighted by atomic mass is 16.5. The van der Waals surface area contributed by atoms with Crippen molar-refractivity contribution in [3.63, 3.8) is 0 Å². The highest BCUT2D eigenvalue weighted by molar-refractivity contribution is 5.79. The molecule has 1 amide bonds. The van der Waals surface area contributed by atoms with Crippen LogP contribution >= 0.6 is 0 Å². The normalized spacial score (nSPS) is 23.1. The second-order valence-corrected chi connectivity index (χ2v) is 9.29. The molecule has 1 N–H and O–H groups in total. The Morgan fingerprint density at radius 2 is 2.06 bits per heavy atom. The average Bonchev–Trinajstić information content (AvgIpc) is 3.41. The van der Waals surface area contributed by atoms with E-state index in [0.717, 1.165) is 75.4 Å². The van der Waals surface area contributed by atoms with E-state index in [2.05, 4.69) is 10.00 Å². The molecule has 1 atom stereocenters. The van der Waals surface area contributed by atoms with Crippen LogP contribution in [0, 0.1) is 0 Å². The highest BCUT2D eigenvalue weighted by Gasteiger charge is 2.33. The fourth-order valence-electron chi connectivity index (χ4n) is 5.30. The molecule has 9 nitrogen and oxygen atoms in total. The molecule has 0 aliphatic carbocycles. The lowest BCUT2D eigenvalue weighted by molar-refractivity contribution is -0.132. The number of nitrogens with one attached hydrogen (secondary N) is 1. The number of fused-ring (bicyclic) bond motifs is 2. The first kappa shape index (κ1) is 20.7. The molecule has 0 bridgehead atoms. The van der Waals surface area contributed by atoms with Crippen LogP contribution in [-0.4, -0.2) is 88.2 Å². The van der Waals surface area contributed by atoms with Crippen molar-refractivity contribution < 1.29 is 9.53 Å². The van der Waals surface area contributed by atoms with Crippen LogP contribution in [0.15, 0.2) is 10.9 Å². The van der Waals surface area contributed by atoms with Crippen LogP contribution in [-0.2, 0) is 22.5 Å². The summed E-state index contributed by atoms with van der Waals surface area (Å²) >= 11 is 0. The third kappa shape index (κ3) is 3.90. The van der Waals surface area contributed by atoms with Gasteiger partial charge < -0.3 is 14.5 Å². The molecule has 9 heteroatoms. The van der Waals surface area contributed by atoms with E-state index >= 15 is 0 Å². The molecule has 31 heavy (non-hydrogen) atoms. The lowest BCUT2D eigenvalue weighted by Crippen LogP contribution is -2.44. The minimum absolute atomic E-state index is 0.00725. The number of nitrogens with zero attached hydrogens (tertiary/aromatic N) is 5. The number of H-pyrrole nitrogens is 1. The molecule has 0 radical (unpaired) electrons. The number of hydrogen-bond acceptors (Lipinski definition) is 6. The van der Waals surface area contributed by atoms with Gasteiger partial charge in [0.1, 0.15) is 0 Å². The van der Waals surface area contributed by atoms with Crippen LogP contribution in [0.1, 0.15) is 48.7 Å². The first-order valence-electron chi connectivity index (χ1n) is 11.4. The van der Waals surface area contributed by atoms with E-state index in [1.54, 1.807) is 4.52 Å². The number of hydrogen-bond donors (Lipinski definition) is 1. The minimum atomic E-state index is -0.0238. The van der Waals surface area contributed by atoms with E-state index in [1.807, 2.05) is 30.0 Å². The summed E-state index contributed by atoms with van der Waals surface area (Å²) in [5.74, 6) is 0.123. The zero-order valence-corrected chi connectivity index (χ0v) is 18.5. The number of likely N-dealkylation sites (N-methyl/N-ethyl adjacent to an activating group) is 1. The monoisotopic (exact) mass is 428 g/mol. The summed E-state index contributed by atoms with van der Waals surface area (Å²) in [6.45, 7) is 4.34. The van der Waals surface area contributed by atoms with Crippen molar-refractivity contribution in [3.8, 4) is 0 Å². The van der Waals surface area contributed by atoms with Gasteiger partial charge in [0.25, 0.3) is 5.56 Å². The maximum Gasteiger partial charge on any atom is 0.277 e. The van der Waals surface area contributed by atoms with Crippen LogP contribution in [0.5, 0.6) is 0 Å². The van der Waals surface area contributed by atoms with Gasteiger partial charge in [-0.2, -0.15) is 0 Å². The summed E-state index contributed by atoms with van der Waals surface area (Å²) in [4.78, 5) is 37.1. The Labute approximate surface area is 181 Å². The summed E-state index contributed by atoms with van der Waals surface area (Å²) in [5, 5.41) is 3.28. The molecule has 2 saturated heterocycles. The Balaban J connectivity index is 1.43. The van der Waals surface area contributed by atoms with Gasteiger partial charge in [0.05, 0.1) is 29.5 Å². The molecule has 5 rings (SSSR count). The molecular weight excluding hydrogens is 396 g/mol. The number of carbonyl (C=O) groups excluding carboxylic acids is 1. The Morgan fingerprint density at radius 3 is 2.84 bits per heavy atom. The van der Waals surface area contributed by atoms with E-state index in [1.165, 1.54) is 0 Å². The first-order valence-corrected chi connectivity index (χ1v) is 11.4. The van der Waals surface area contributed by atoms with Crippen molar-refractivity contribution in [1.82, 2.24) is 29.3 Å². The topological polar surface area (TPSA) is 86.2 Å². The number of likely N-dealkylation sites (tertiary alicyclic amines) is 1. The summed E-state index contributed by atoms with van der Waals surface area (Å²) in [7, 11) is 3.81. The van der Waals surface area contributed by atoms with Gasteiger partial charge >= 0.3 is 0 Å². The number of aromatic amines is 1. The van der Waals surface area contributed by atoms with E-state index in [0.29, 0.717) is 24.8 Å². The van der Waals surface area contributed by atoms with Gasteiger partial charge in [-0.05, 0) is 39.8 Å². The van der Waals surface area contributed by atoms with Crippen LogP contribution < -0.4 is 5.56 Å². The maximum atomic E-state index is 13.3. The van der Waals surface area contributed by atoms with Crippen molar-refractivity contribution >= 4 is 11.6 Å². The third-order valence-electron chi connectivity index (χ3n) is 6.90. The fourth-order valence-corrected chi connectivity index (χ4v) is 5.30. The molecule has 2 aromatic heterocycles. The number of rotatable bonds is 4. The maximum absolute atomic E-state index is 13.3. The number of aromatic nitrogens is 3. The lowest BCUT2D eigenvalue weighted by Gasteiger charge is -2.36. The zero-order valence-electron chi connectivity index (χ0n) is 18.5. The van der Waals surface area contributed by atoms with E-state index in [9.17, 15) is 9.59 Å². The smallest absolute Gasteiger partial charge is 0.277 e. The molecular formula is C22H32N6O3. The predicted molar refractivity (Wildman–Crippen MR) is 116 cm³/mol. The van der Waals surface area contributed by atoms with Gasteiger partial charge in [-0.15, -0.1) is 0 Å². The standard InChI is InChI=1S/C22H32N6O3/c1-25(2)14-21(29)27-8-3-4-19(27)18-12-20-23-17-5-9-26(15-6-10-31-11-7-15)13-16(17)22(30)28(20)24-18/h12,15,19,24H,3-11,13-14H2,1-2H3. The van der Waals surface area contributed by atoms with E-state index in [4.69, 9.17) is 9.72 Å². The van der Waals surface area contributed by atoms with Gasteiger partial charge in [-0.3, -0.25) is 19.6 Å². The van der Waals surface area contributed by atoms with Gasteiger partial charge in [0.2, 0.25) is 5.91 Å². The Bertz CT molecular complexity index is 1020. The van der Waals surface area contributed by atoms with Crippen molar-refractivity contribution in [2.24, 2.45) is 0 Å². The Kier molecular flexibility index (Phi) is 5.58. The lowest BCUT2D eigenvalue weighted by atomic mass is 10.0. The molecule has 0 saturated carbocycles. The predicted octanol–water partition coefficient (Wildman–Crippen LogP) is 0.785. The van der Waals surface area contributed by atoms with Gasteiger partial charge in [0.15, 0.2) is 5.65 Å². The molecule has 0 aromatic carbocycles. The number of ether oxygens (including phenoxy) is 1. The quantitative estimate of drug-likeness (QED) is 0.775. The molecule has 1 unspecified atom stereocenters. The van der Waals surface area contributed by atoms with E-state index in [-0.39, 0.29) is 17.5 Å². The second kappa shape index (κ2) is 8.37. The molecule has 2 aromatic rings. The molecule has 3 aliphatic rings. The van der Waals surface area contributed by atoms with Gasteiger partial charge in [-0.25, -0.2) is 9.50 Å². The highest BCUT2D eigenvalue weighted by Crippen LogP contribution is 2.32. The molecule has 5 heterocycles. The molecule has 2 fully saturated rings. The minimum Gasteiger partial charge on any atom is -0.381 e. The summed E-state index contributed by atoms with van der Waals surface area (Å²) in [6, 6.07) is 2.42. The van der Waals surface area contributed by atoms with Crippen molar-refractivity contribution in [2.45, 2.75) is 50.7 Å². The molecule has 3 aliphatic heterocycles. The van der Waals surface area contributed by atoms with Crippen molar-refractivity contribution in [1.29, 1.82) is 0 Å². The summed E-state index contributed by atoms with van der Waals surface area (Å²) in [5.41, 5.74) is 3.27. The van der Waals surface area contributed by atoms with E-state index < -0.39 is 0 Å². The number of carbonyl (C=O) groups is 1. The first-order chi connectivity index (χ1) is 15.0. The van der Waals surface area contributed by atoms with Crippen molar-refractivity contribution in [2.75, 3.05) is 46.9 Å². The van der Waals surface area contributed by atoms with Crippen LogP contribution in [0.4, 0.5) is 0 Å². The summed E-state index contributed by atoms with van der Waals surface area (Å²) < 4.78 is 7.08. The average molecular weight is 429 g/mol. The van der Waals surface area contributed by atoms with Gasteiger partial charge in [0, 0.05) is 51.4 Å².